The molecule has 3 rings (SSSR count). The van der Waals surface area contributed by atoms with Crippen LogP contribution in [0.25, 0.3) is 0 Å². The van der Waals surface area contributed by atoms with E-state index >= 15 is 0 Å². The van der Waals surface area contributed by atoms with Gasteiger partial charge in [-0.2, -0.15) is 5.10 Å². The number of benzene rings is 3. The molecule has 0 bridgehead atoms. The first-order valence-corrected chi connectivity index (χ1v) is 8.97. The third-order valence-electron chi connectivity index (χ3n) is 3.73. The van der Waals surface area contributed by atoms with Crippen LogP contribution in [-0.2, 0) is 6.61 Å². The molecule has 0 aliphatic rings. The normalized spacial score (nSPS) is 10.8. The van der Waals surface area contributed by atoms with Crippen molar-refractivity contribution in [3.8, 4) is 5.75 Å². The Hall–Kier alpha value is -3.09. The van der Waals surface area contributed by atoms with E-state index in [1.165, 1.54) is 12.1 Å². The number of nitrogens with zero attached hydrogens (tertiary/aromatic N) is 2. The Balaban J connectivity index is 1.62. The lowest BCUT2D eigenvalue weighted by Crippen LogP contribution is -1.97. The van der Waals surface area contributed by atoms with Crippen LogP contribution in [0.5, 0.6) is 5.75 Å². The van der Waals surface area contributed by atoms with Crippen LogP contribution >= 0.6 is 23.2 Å². The largest absolute Gasteiger partial charge is 0.489 e. The predicted molar refractivity (Wildman–Crippen MR) is 112 cm³/mol. The second kappa shape index (κ2) is 9.21. The van der Waals surface area contributed by atoms with Gasteiger partial charge in [-0.1, -0.05) is 47.5 Å². The van der Waals surface area contributed by atoms with Crippen molar-refractivity contribution < 1.29 is 9.66 Å². The Kier molecular flexibility index (Phi) is 6.47. The van der Waals surface area contributed by atoms with Crippen molar-refractivity contribution in [2.24, 2.45) is 5.10 Å². The van der Waals surface area contributed by atoms with Gasteiger partial charge in [0.2, 0.25) is 0 Å². The molecule has 0 saturated carbocycles. The molecule has 0 amide bonds. The molecule has 0 aliphatic heterocycles. The van der Waals surface area contributed by atoms with Gasteiger partial charge in [0.05, 0.1) is 16.8 Å². The van der Waals surface area contributed by atoms with Gasteiger partial charge < -0.3 is 4.74 Å². The molecule has 0 atom stereocenters. The van der Waals surface area contributed by atoms with Crippen LogP contribution in [-0.4, -0.2) is 11.1 Å². The molecule has 0 spiro atoms. The minimum absolute atomic E-state index is 0.00328. The molecule has 0 unspecified atom stereocenters. The van der Waals surface area contributed by atoms with E-state index in [4.69, 9.17) is 27.9 Å². The second-order valence-corrected chi connectivity index (χ2v) is 6.62. The van der Waals surface area contributed by atoms with Gasteiger partial charge in [-0.05, 0) is 35.9 Å². The summed E-state index contributed by atoms with van der Waals surface area (Å²) in [5, 5.41) is 16.0. The fraction of sp³-hybridized carbons (Fsp3) is 0.0500. The van der Waals surface area contributed by atoms with Crippen LogP contribution in [0.3, 0.4) is 0 Å². The van der Waals surface area contributed by atoms with E-state index in [-0.39, 0.29) is 5.69 Å². The van der Waals surface area contributed by atoms with E-state index in [1.54, 1.807) is 30.5 Å². The van der Waals surface area contributed by atoms with Crippen molar-refractivity contribution in [1.82, 2.24) is 0 Å². The molecule has 0 saturated heterocycles. The van der Waals surface area contributed by atoms with E-state index in [0.717, 1.165) is 11.1 Å². The van der Waals surface area contributed by atoms with Gasteiger partial charge >= 0.3 is 0 Å². The molecule has 0 aliphatic carbocycles. The number of hydrogen-bond acceptors (Lipinski definition) is 5. The maximum absolute atomic E-state index is 10.8. The monoisotopic (exact) mass is 415 g/mol. The van der Waals surface area contributed by atoms with Crippen molar-refractivity contribution >= 4 is 40.8 Å². The van der Waals surface area contributed by atoms with Crippen LogP contribution in [0.1, 0.15) is 11.1 Å². The Morgan fingerprint density at radius 1 is 1.07 bits per heavy atom. The van der Waals surface area contributed by atoms with Crippen LogP contribution in [0.15, 0.2) is 71.8 Å². The number of ether oxygens (including phenoxy) is 1. The zero-order chi connectivity index (χ0) is 19.9. The zero-order valence-corrected chi connectivity index (χ0v) is 16.0. The molecule has 142 valence electrons. The summed E-state index contributed by atoms with van der Waals surface area (Å²) in [6, 6.07) is 18.7. The molecule has 3 aromatic carbocycles. The SMILES string of the molecule is O=[N+]([O-])c1cccc(NN=Cc2cccc(OCc3ccc(Cl)cc3Cl)c2)c1. The number of halogens is 2. The van der Waals surface area contributed by atoms with Crippen LogP contribution < -0.4 is 10.2 Å². The summed E-state index contributed by atoms with van der Waals surface area (Å²) in [7, 11) is 0. The molecule has 0 fully saturated rings. The first-order valence-electron chi connectivity index (χ1n) is 8.21. The van der Waals surface area contributed by atoms with Crippen LogP contribution in [0.2, 0.25) is 10.0 Å². The highest BCUT2D eigenvalue weighted by atomic mass is 35.5. The second-order valence-electron chi connectivity index (χ2n) is 5.77. The quantitative estimate of drug-likeness (QED) is 0.294. The van der Waals surface area contributed by atoms with Gasteiger partial charge in [0, 0.05) is 27.7 Å². The topological polar surface area (TPSA) is 76.8 Å². The highest BCUT2D eigenvalue weighted by Crippen LogP contribution is 2.23. The first kappa shape index (κ1) is 19.7. The average molecular weight is 416 g/mol. The van der Waals surface area contributed by atoms with Crippen LogP contribution in [0, 0.1) is 10.1 Å². The Labute approximate surface area is 171 Å². The summed E-state index contributed by atoms with van der Waals surface area (Å²) in [4.78, 5) is 10.3. The molecule has 28 heavy (non-hydrogen) atoms. The lowest BCUT2D eigenvalue weighted by Gasteiger charge is -2.08. The van der Waals surface area contributed by atoms with E-state index < -0.39 is 4.92 Å². The van der Waals surface area contributed by atoms with Gasteiger partial charge in [-0.25, -0.2) is 0 Å². The van der Waals surface area contributed by atoms with Gasteiger partial charge in [0.25, 0.3) is 5.69 Å². The summed E-state index contributed by atoms with van der Waals surface area (Å²) < 4.78 is 5.78. The number of nitrogens with one attached hydrogen (secondary N) is 1. The standard InChI is InChI=1S/C20H15Cl2N3O3/c21-16-8-7-15(20(22)10-16)13-28-19-6-1-3-14(9-19)12-23-24-17-4-2-5-18(11-17)25(26)27/h1-12,24H,13H2. The average Bonchev–Trinajstić information content (AvgIpc) is 2.68. The zero-order valence-electron chi connectivity index (χ0n) is 14.5. The Morgan fingerprint density at radius 3 is 2.68 bits per heavy atom. The van der Waals surface area contributed by atoms with Crippen molar-refractivity contribution in [2.75, 3.05) is 5.43 Å². The first-order chi connectivity index (χ1) is 13.5. The van der Waals surface area contributed by atoms with Gasteiger partial charge in [0.15, 0.2) is 0 Å². The lowest BCUT2D eigenvalue weighted by molar-refractivity contribution is -0.384. The number of nitro benzene ring substituents is 1. The summed E-state index contributed by atoms with van der Waals surface area (Å²) >= 11 is 12.0. The minimum Gasteiger partial charge on any atom is -0.489 e. The van der Waals surface area contributed by atoms with E-state index in [0.29, 0.717) is 28.1 Å². The molecule has 6 nitrogen and oxygen atoms in total. The summed E-state index contributed by atoms with van der Waals surface area (Å²) in [5.74, 6) is 0.658. The molecule has 8 heteroatoms. The molecule has 1 N–H and O–H groups in total. The maximum Gasteiger partial charge on any atom is 0.271 e. The summed E-state index contributed by atoms with van der Waals surface area (Å²) in [5.41, 5.74) is 4.93. The Bertz CT molecular complexity index is 1030. The van der Waals surface area contributed by atoms with E-state index in [2.05, 4.69) is 10.5 Å². The van der Waals surface area contributed by atoms with Gasteiger partial charge in [-0.15, -0.1) is 0 Å². The fourth-order valence-electron chi connectivity index (χ4n) is 2.35. The highest BCUT2D eigenvalue weighted by molar-refractivity contribution is 6.35. The minimum atomic E-state index is -0.456. The number of hydrazone groups is 1. The van der Waals surface area contributed by atoms with Crippen LogP contribution in [0.4, 0.5) is 11.4 Å². The summed E-state index contributed by atoms with van der Waals surface area (Å²) in [6.07, 6.45) is 1.60. The number of non-ortho nitro benzene ring substituents is 1. The molecule has 0 aromatic heterocycles. The van der Waals surface area contributed by atoms with Crippen molar-refractivity contribution in [2.45, 2.75) is 6.61 Å². The van der Waals surface area contributed by atoms with Crippen molar-refractivity contribution in [3.05, 3.63) is 98.0 Å². The van der Waals surface area contributed by atoms with Crippen molar-refractivity contribution in [3.63, 3.8) is 0 Å². The Morgan fingerprint density at radius 2 is 1.89 bits per heavy atom. The van der Waals surface area contributed by atoms with E-state index in [1.807, 2.05) is 30.3 Å². The lowest BCUT2D eigenvalue weighted by atomic mass is 10.2. The fourth-order valence-corrected chi connectivity index (χ4v) is 2.82. The molecule has 3 aromatic rings. The highest BCUT2D eigenvalue weighted by Gasteiger charge is 2.05. The number of anilines is 1. The molecular formula is C20H15Cl2N3O3. The third kappa shape index (κ3) is 5.45. The molecular weight excluding hydrogens is 401 g/mol. The number of hydrogen-bond donors (Lipinski definition) is 1. The van der Waals surface area contributed by atoms with E-state index in [9.17, 15) is 10.1 Å². The molecule has 0 heterocycles. The molecule has 0 radical (unpaired) electrons. The van der Waals surface area contributed by atoms with Gasteiger partial charge in [-0.3, -0.25) is 15.5 Å². The van der Waals surface area contributed by atoms with Crippen molar-refractivity contribution in [1.29, 1.82) is 0 Å². The third-order valence-corrected chi connectivity index (χ3v) is 4.32. The predicted octanol–water partition coefficient (Wildman–Crippen LogP) is 5.93. The number of rotatable bonds is 7. The van der Waals surface area contributed by atoms with Gasteiger partial charge in [0.1, 0.15) is 12.4 Å². The number of nitro groups is 1. The maximum atomic E-state index is 10.8. The smallest absolute Gasteiger partial charge is 0.271 e. The summed E-state index contributed by atoms with van der Waals surface area (Å²) in [6.45, 7) is 0.308.